The SMILES string of the molecule is COc1ccnc(-c2[c-]c3c(cc2)Oc2cccc4c2B3c2[c-]c(-c3cc(-c5ccccc5-c5ccccc5-c5ccccc5)ccn3)ccc2O4)c1.[Pt+2]. The minimum absolute atomic E-state index is 0. The molecule has 0 saturated carbocycles. The van der Waals surface area contributed by atoms with Gasteiger partial charge in [0.25, 0.3) is 0 Å². The van der Waals surface area contributed by atoms with E-state index < -0.39 is 0 Å². The van der Waals surface area contributed by atoms with E-state index >= 15 is 0 Å². The minimum atomic E-state index is -0.224. The Kier molecular flexibility index (Phi) is 8.69. The molecule has 2 aliphatic heterocycles. The molecule has 0 atom stereocenters. The average molecular weight is 876 g/mol. The van der Waals surface area contributed by atoms with Gasteiger partial charge < -0.3 is 24.2 Å². The zero-order chi connectivity index (χ0) is 35.3. The number of nitrogens with zero attached hydrogens (tertiary/aromatic N) is 2. The molecular formula is C47H29BN2O3Pt. The van der Waals surface area contributed by atoms with Crippen molar-refractivity contribution in [1.29, 1.82) is 0 Å². The van der Waals surface area contributed by atoms with Crippen LogP contribution in [0.1, 0.15) is 0 Å². The number of hydrogen-bond donors (Lipinski definition) is 0. The van der Waals surface area contributed by atoms with Gasteiger partial charge in [-0.3, -0.25) is 0 Å². The van der Waals surface area contributed by atoms with E-state index in [2.05, 4.69) is 108 Å². The molecule has 5 nitrogen and oxygen atoms in total. The van der Waals surface area contributed by atoms with E-state index in [9.17, 15) is 0 Å². The number of rotatable bonds is 6. The van der Waals surface area contributed by atoms with Gasteiger partial charge in [-0.05, 0) is 75.1 Å². The molecular weight excluding hydrogens is 846 g/mol. The monoisotopic (exact) mass is 875 g/mol. The number of hydrogen-bond acceptors (Lipinski definition) is 5. The third-order valence-electron chi connectivity index (χ3n) is 10.0. The van der Waals surface area contributed by atoms with Crippen molar-refractivity contribution in [2.24, 2.45) is 0 Å². The molecule has 258 valence electrons. The van der Waals surface area contributed by atoms with Crippen molar-refractivity contribution >= 4 is 23.1 Å². The van der Waals surface area contributed by atoms with Crippen molar-refractivity contribution < 1.29 is 35.3 Å². The second-order valence-electron chi connectivity index (χ2n) is 13.1. The van der Waals surface area contributed by atoms with Crippen LogP contribution in [0.3, 0.4) is 0 Å². The Labute approximate surface area is 328 Å². The fourth-order valence-corrected chi connectivity index (χ4v) is 7.54. The molecule has 2 aliphatic rings. The maximum Gasteiger partial charge on any atom is 2.00 e. The van der Waals surface area contributed by atoms with Crippen molar-refractivity contribution in [2.45, 2.75) is 0 Å². The van der Waals surface area contributed by atoms with E-state index in [0.29, 0.717) is 0 Å². The van der Waals surface area contributed by atoms with Crippen LogP contribution in [-0.4, -0.2) is 23.8 Å². The molecule has 4 heterocycles. The second-order valence-corrected chi connectivity index (χ2v) is 13.1. The Bertz CT molecular complexity index is 2690. The van der Waals surface area contributed by atoms with Crippen LogP contribution >= 0.6 is 0 Å². The normalized spacial score (nSPS) is 11.9. The van der Waals surface area contributed by atoms with Crippen LogP contribution in [0.4, 0.5) is 0 Å². The van der Waals surface area contributed by atoms with Crippen molar-refractivity contribution in [3.05, 3.63) is 170 Å². The molecule has 0 radical (unpaired) electrons. The Morgan fingerprint density at radius 1 is 0.500 bits per heavy atom. The first-order valence-electron chi connectivity index (χ1n) is 17.5. The summed E-state index contributed by atoms with van der Waals surface area (Å²) in [5.41, 5.74) is 13.0. The van der Waals surface area contributed by atoms with Crippen molar-refractivity contribution in [1.82, 2.24) is 9.97 Å². The van der Waals surface area contributed by atoms with Gasteiger partial charge in [0, 0.05) is 29.4 Å². The maximum absolute atomic E-state index is 6.51. The largest absolute Gasteiger partial charge is 2.00 e. The topological polar surface area (TPSA) is 53.5 Å². The van der Waals surface area contributed by atoms with Crippen LogP contribution in [0.5, 0.6) is 28.7 Å². The molecule has 7 heteroatoms. The molecule has 0 unspecified atom stereocenters. The summed E-state index contributed by atoms with van der Waals surface area (Å²) in [5, 5.41) is 0. The molecule has 0 N–H and O–H groups in total. The van der Waals surface area contributed by atoms with Crippen molar-refractivity contribution in [3.8, 4) is 84.6 Å². The van der Waals surface area contributed by atoms with Gasteiger partial charge in [-0.2, -0.15) is 0 Å². The smallest absolute Gasteiger partial charge is 0.503 e. The third-order valence-corrected chi connectivity index (χ3v) is 10.0. The van der Waals surface area contributed by atoms with Gasteiger partial charge in [0.15, 0.2) is 0 Å². The predicted molar refractivity (Wildman–Crippen MR) is 211 cm³/mol. The summed E-state index contributed by atoms with van der Waals surface area (Å²) in [7, 11) is 1.66. The number of methoxy groups -OCH3 is 1. The Balaban J connectivity index is 0.00000384. The van der Waals surface area contributed by atoms with Gasteiger partial charge in [-0.25, -0.2) is 0 Å². The molecule has 0 spiro atoms. The molecule has 0 bridgehead atoms. The summed E-state index contributed by atoms with van der Waals surface area (Å²) in [6.45, 7) is -0.224. The molecule has 0 fully saturated rings. The first kappa shape index (κ1) is 33.6. The standard InChI is InChI=1S/C47H29BN2O3.Pt/c1-51-34-23-25-50-42(29-34)33-19-21-44-40(27-33)48-39-26-32(18-20-43(39)52-45-16-9-17-46(53-44)47(45)48)41-28-31(22-24-49-41)36-13-6-8-15-38(36)37-14-7-5-12-35(37)30-10-3-2-4-11-30;/h2-25,28-29H,1H3;/q-2;+2. The van der Waals surface area contributed by atoms with Gasteiger partial charge in [0.2, 0.25) is 6.71 Å². The summed E-state index contributed by atoms with van der Waals surface area (Å²) in [6, 6.07) is 57.1. The Morgan fingerprint density at radius 3 is 1.65 bits per heavy atom. The molecule has 0 amide bonds. The van der Waals surface area contributed by atoms with Gasteiger partial charge in [0.05, 0.1) is 7.11 Å². The number of fused-ring (bicyclic) bond motifs is 4. The van der Waals surface area contributed by atoms with Gasteiger partial charge >= 0.3 is 21.1 Å². The minimum Gasteiger partial charge on any atom is -0.503 e. The van der Waals surface area contributed by atoms with E-state index in [1.54, 1.807) is 13.3 Å². The summed E-state index contributed by atoms with van der Waals surface area (Å²) in [6.07, 6.45) is 3.63. The molecule has 10 rings (SSSR count). The van der Waals surface area contributed by atoms with E-state index in [1.165, 1.54) is 16.7 Å². The van der Waals surface area contributed by atoms with Crippen LogP contribution in [0.2, 0.25) is 0 Å². The van der Waals surface area contributed by atoms with E-state index in [0.717, 1.165) is 84.3 Å². The zero-order valence-electron chi connectivity index (χ0n) is 29.0. The van der Waals surface area contributed by atoms with Gasteiger partial charge in [-0.15, -0.1) is 58.5 Å². The molecule has 0 saturated heterocycles. The van der Waals surface area contributed by atoms with Crippen molar-refractivity contribution in [2.75, 3.05) is 7.11 Å². The summed E-state index contributed by atoms with van der Waals surface area (Å²) in [5.74, 6) is 3.74. The van der Waals surface area contributed by atoms with Crippen LogP contribution in [0, 0.1) is 12.1 Å². The quantitative estimate of drug-likeness (QED) is 0.123. The summed E-state index contributed by atoms with van der Waals surface area (Å²) in [4.78, 5) is 9.49. The fraction of sp³-hybridized carbons (Fsp3) is 0.0213. The van der Waals surface area contributed by atoms with E-state index in [4.69, 9.17) is 19.2 Å². The Morgan fingerprint density at radius 2 is 1.04 bits per heavy atom. The maximum atomic E-state index is 6.51. The van der Waals surface area contributed by atoms with E-state index in [1.807, 2.05) is 60.8 Å². The third kappa shape index (κ3) is 5.80. The summed E-state index contributed by atoms with van der Waals surface area (Å²) < 4.78 is 18.4. The number of benzene rings is 6. The number of ether oxygens (including phenoxy) is 3. The van der Waals surface area contributed by atoms with Crippen LogP contribution in [0.15, 0.2) is 158 Å². The zero-order valence-corrected chi connectivity index (χ0v) is 31.3. The number of aromatic nitrogens is 2. The van der Waals surface area contributed by atoms with Crippen LogP contribution < -0.4 is 30.6 Å². The van der Waals surface area contributed by atoms with Crippen molar-refractivity contribution in [3.63, 3.8) is 0 Å². The first-order valence-corrected chi connectivity index (χ1v) is 17.5. The second kappa shape index (κ2) is 14.0. The molecule has 54 heavy (non-hydrogen) atoms. The Hall–Kier alpha value is -6.23. The van der Waals surface area contributed by atoms with E-state index in [-0.39, 0.29) is 27.8 Å². The van der Waals surface area contributed by atoms with Gasteiger partial charge in [-0.1, -0.05) is 91.0 Å². The fourth-order valence-electron chi connectivity index (χ4n) is 7.54. The van der Waals surface area contributed by atoms with Gasteiger partial charge in [0.1, 0.15) is 17.2 Å². The molecule has 0 aliphatic carbocycles. The molecule has 2 aromatic heterocycles. The summed E-state index contributed by atoms with van der Waals surface area (Å²) >= 11 is 0. The molecule has 6 aromatic carbocycles. The predicted octanol–water partition coefficient (Wildman–Crippen LogP) is 9.15. The molecule has 8 aromatic rings. The number of pyridine rings is 2. The average Bonchev–Trinajstić information content (AvgIpc) is 3.23. The van der Waals surface area contributed by atoms with Crippen LogP contribution in [0.25, 0.3) is 55.9 Å². The van der Waals surface area contributed by atoms with Crippen LogP contribution in [-0.2, 0) is 21.1 Å². The first-order chi connectivity index (χ1) is 26.2.